The second kappa shape index (κ2) is 11.6. The standard InChI is InChI=1S/C27H29FN8OS/c1-18-15-21(7-8-24(18)28)30-25-9-12-29-27(32-25)31-20-5-3-19(4-6-20)26(37)36-13-10-23(11-14-36)35(2)16-22-17-38-34-33-22/h3-9,12,15,17,23H,10-11,13-14,16H2,1-2H3,(H2,29,30,31,32). The number of carbonyl (C=O) groups excluding carboxylic acids is 1. The Morgan fingerprint density at radius 3 is 2.58 bits per heavy atom. The highest BCUT2D eigenvalue weighted by molar-refractivity contribution is 7.03. The van der Waals surface area contributed by atoms with E-state index in [1.54, 1.807) is 31.3 Å². The van der Waals surface area contributed by atoms with Gasteiger partial charge in [-0.3, -0.25) is 9.69 Å². The maximum Gasteiger partial charge on any atom is 0.253 e. The molecule has 1 aliphatic heterocycles. The molecule has 11 heteroatoms. The highest BCUT2D eigenvalue weighted by Gasteiger charge is 2.26. The molecule has 0 saturated carbocycles. The van der Waals surface area contributed by atoms with Gasteiger partial charge in [0.25, 0.3) is 5.91 Å². The van der Waals surface area contributed by atoms with Crippen molar-refractivity contribution in [2.24, 2.45) is 0 Å². The number of rotatable bonds is 8. The smallest absolute Gasteiger partial charge is 0.253 e. The van der Waals surface area contributed by atoms with E-state index in [1.165, 1.54) is 17.6 Å². The zero-order valence-corrected chi connectivity index (χ0v) is 22.1. The first-order valence-electron chi connectivity index (χ1n) is 12.4. The minimum atomic E-state index is -0.250. The summed E-state index contributed by atoms with van der Waals surface area (Å²) in [4.78, 5) is 26.1. The first-order chi connectivity index (χ1) is 18.4. The van der Waals surface area contributed by atoms with Crippen LogP contribution in [0.5, 0.6) is 0 Å². The molecule has 3 heterocycles. The van der Waals surface area contributed by atoms with E-state index in [0.717, 1.165) is 49.5 Å². The number of anilines is 4. The molecule has 2 aromatic heterocycles. The molecule has 9 nitrogen and oxygen atoms in total. The predicted octanol–water partition coefficient (Wildman–Crippen LogP) is 5.00. The number of nitrogens with zero attached hydrogens (tertiary/aromatic N) is 6. The molecule has 1 saturated heterocycles. The number of aryl methyl sites for hydroxylation is 1. The molecule has 38 heavy (non-hydrogen) atoms. The second-order valence-electron chi connectivity index (χ2n) is 9.39. The van der Waals surface area contributed by atoms with E-state index in [9.17, 15) is 9.18 Å². The number of nitrogens with one attached hydrogen (secondary N) is 2. The molecule has 0 aliphatic carbocycles. The quantitative estimate of drug-likeness (QED) is 0.327. The lowest BCUT2D eigenvalue weighted by Gasteiger charge is -2.36. The minimum absolute atomic E-state index is 0.0402. The van der Waals surface area contributed by atoms with Crippen molar-refractivity contribution < 1.29 is 9.18 Å². The molecule has 0 spiro atoms. The Labute approximate surface area is 224 Å². The third-order valence-corrected chi connectivity index (χ3v) is 7.22. The van der Waals surface area contributed by atoms with E-state index in [0.29, 0.717) is 28.9 Å². The van der Waals surface area contributed by atoms with Gasteiger partial charge in [-0.05, 0) is 92.4 Å². The number of aromatic nitrogens is 4. The fraction of sp³-hybridized carbons (Fsp3) is 0.296. The minimum Gasteiger partial charge on any atom is -0.340 e. The number of benzene rings is 2. The lowest BCUT2D eigenvalue weighted by Crippen LogP contribution is -2.45. The van der Waals surface area contributed by atoms with Crippen molar-refractivity contribution >= 4 is 40.6 Å². The van der Waals surface area contributed by atoms with Crippen LogP contribution in [0.3, 0.4) is 0 Å². The molecule has 1 amide bonds. The van der Waals surface area contributed by atoms with Gasteiger partial charge in [-0.2, -0.15) is 4.98 Å². The number of likely N-dealkylation sites (tertiary alicyclic amines) is 1. The van der Waals surface area contributed by atoms with Crippen molar-refractivity contribution in [3.05, 3.63) is 82.7 Å². The lowest BCUT2D eigenvalue weighted by molar-refractivity contribution is 0.0638. The Kier molecular flexibility index (Phi) is 7.85. The molecular formula is C27H29FN8OS. The van der Waals surface area contributed by atoms with Crippen LogP contribution in [0.2, 0.25) is 0 Å². The third-order valence-electron chi connectivity index (χ3n) is 6.67. The van der Waals surface area contributed by atoms with Crippen molar-refractivity contribution in [1.82, 2.24) is 29.4 Å². The number of halogens is 1. The number of hydrogen-bond acceptors (Lipinski definition) is 9. The van der Waals surface area contributed by atoms with Gasteiger partial charge in [-0.15, -0.1) is 5.10 Å². The van der Waals surface area contributed by atoms with E-state index >= 15 is 0 Å². The van der Waals surface area contributed by atoms with Gasteiger partial charge in [-0.25, -0.2) is 9.37 Å². The summed E-state index contributed by atoms with van der Waals surface area (Å²) < 4.78 is 17.5. The molecule has 1 aliphatic rings. The van der Waals surface area contributed by atoms with Crippen LogP contribution < -0.4 is 10.6 Å². The van der Waals surface area contributed by atoms with Crippen LogP contribution in [-0.2, 0) is 6.54 Å². The summed E-state index contributed by atoms with van der Waals surface area (Å²) in [6.07, 6.45) is 3.50. The molecule has 0 bridgehead atoms. The van der Waals surface area contributed by atoms with Crippen LogP contribution >= 0.6 is 11.5 Å². The van der Waals surface area contributed by atoms with Crippen molar-refractivity contribution in [2.45, 2.75) is 32.4 Å². The number of piperidine rings is 1. The van der Waals surface area contributed by atoms with Gasteiger partial charge >= 0.3 is 0 Å². The molecule has 0 atom stereocenters. The largest absolute Gasteiger partial charge is 0.340 e. The average Bonchev–Trinajstić information content (AvgIpc) is 3.44. The third kappa shape index (κ3) is 6.29. The van der Waals surface area contributed by atoms with E-state index in [1.807, 2.05) is 34.5 Å². The maximum absolute atomic E-state index is 13.5. The second-order valence-corrected chi connectivity index (χ2v) is 10.0. The molecule has 5 rings (SSSR count). The van der Waals surface area contributed by atoms with Gasteiger partial charge in [0.15, 0.2) is 0 Å². The van der Waals surface area contributed by atoms with Gasteiger partial charge in [0.2, 0.25) is 5.95 Å². The van der Waals surface area contributed by atoms with Gasteiger partial charge in [0.05, 0.1) is 5.69 Å². The summed E-state index contributed by atoms with van der Waals surface area (Å²) >= 11 is 1.37. The molecule has 0 unspecified atom stereocenters. The fourth-order valence-electron chi connectivity index (χ4n) is 4.51. The summed E-state index contributed by atoms with van der Waals surface area (Å²) in [6, 6.07) is 14.3. The van der Waals surface area contributed by atoms with E-state index < -0.39 is 0 Å². The first kappa shape index (κ1) is 25.7. The summed E-state index contributed by atoms with van der Waals surface area (Å²) in [5.41, 5.74) is 3.70. The van der Waals surface area contributed by atoms with Crippen LogP contribution in [0.15, 0.2) is 60.1 Å². The van der Waals surface area contributed by atoms with Crippen molar-refractivity contribution in [3.63, 3.8) is 0 Å². The van der Waals surface area contributed by atoms with Crippen molar-refractivity contribution in [3.8, 4) is 0 Å². The van der Waals surface area contributed by atoms with Crippen LogP contribution in [0.25, 0.3) is 0 Å². The fourth-order valence-corrected chi connectivity index (χ4v) is 4.96. The first-order valence-corrected chi connectivity index (χ1v) is 13.3. The maximum atomic E-state index is 13.5. The number of amides is 1. The Hall–Kier alpha value is -3.96. The van der Waals surface area contributed by atoms with Gasteiger partial charge in [-0.1, -0.05) is 4.49 Å². The summed E-state index contributed by atoms with van der Waals surface area (Å²) in [6.45, 7) is 3.94. The SMILES string of the molecule is Cc1cc(Nc2ccnc(Nc3ccc(C(=O)N4CCC(N(C)Cc5csnn5)CC4)cc3)n2)ccc1F. The molecule has 4 aromatic rings. The molecule has 196 valence electrons. The van der Waals surface area contributed by atoms with Gasteiger partial charge < -0.3 is 15.5 Å². The van der Waals surface area contributed by atoms with Crippen LogP contribution in [0.1, 0.15) is 34.5 Å². The monoisotopic (exact) mass is 532 g/mol. The van der Waals surface area contributed by atoms with Crippen LogP contribution in [0, 0.1) is 12.7 Å². The Morgan fingerprint density at radius 2 is 1.87 bits per heavy atom. The van der Waals surface area contributed by atoms with E-state index in [2.05, 4.69) is 42.1 Å². The number of carbonyl (C=O) groups is 1. The predicted molar refractivity (Wildman–Crippen MR) is 146 cm³/mol. The van der Waals surface area contributed by atoms with Crippen LogP contribution in [-0.4, -0.2) is 61.4 Å². The van der Waals surface area contributed by atoms with Gasteiger partial charge in [0, 0.05) is 54.2 Å². The molecule has 2 aromatic carbocycles. The lowest BCUT2D eigenvalue weighted by atomic mass is 10.0. The van der Waals surface area contributed by atoms with E-state index in [4.69, 9.17) is 0 Å². The van der Waals surface area contributed by atoms with Crippen molar-refractivity contribution in [1.29, 1.82) is 0 Å². The molecule has 1 fully saturated rings. The zero-order valence-electron chi connectivity index (χ0n) is 21.3. The summed E-state index contributed by atoms with van der Waals surface area (Å²) in [5.74, 6) is 0.781. The Morgan fingerprint density at radius 1 is 1.11 bits per heavy atom. The molecular weight excluding hydrogens is 503 g/mol. The average molecular weight is 533 g/mol. The van der Waals surface area contributed by atoms with E-state index in [-0.39, 0.29) is 11.7 Å². The molecule has 2 N–H and O–H groups in total. The van der Waals surface area contributed by atoms with Gasteiger partial charge in [0.1, 0.15) is 11.6 Å². The Balaban J connectivity index is 1.15. The normalized spacial score (nSPS) is 14.1. The highest BCUT2D eigenvalue weighted by Crippen LogP contribution is 2.22. The van der Waals surface area contributed by atoms with Crippen LogP contribution in [0.4, 0.5) is 27.5 Å². The zero-order chi connectivity index (χ0) is 26.5. The summed E-state index contributed by atoms with van der Waals surface area (Å²) in [5, 5.41) is 12.4. The topological polar surface area (TPSA) is 99.2 Å². The van der Waals surface area contributed by atoms with Crippen molar-refractivity contribution in [2.75, 3.05) is 30.8 Å². The molecule has 0 radical (unpaired) electrons. The summed E-state index contributed by atoms with van der Waals surface area (Å²) in [7, 11) is 2.10. The number of hydrogen-bond donors (Lipinski definition) is 2. The highest BCUT2D eigenvalue weighted by atomic mass is 32.1. The Bertz CT molecular complexity index is 1370.